The van der Waals surface area contributed by atoms with Crippen molar-refractivity contribution < 1.29 is 4.79 Å². The molecule has 0 aromatic heterocycles. The van der Waals surface area contributed by atoms with Crippen LogP contribution in [0.25, 0.3) is 0 Å². The van der Waals surface area contributed by atoms with Crippen molar-refractivity contribution in [3.8, 4) is 0 Å². The van der Waals surface area contributed by atoms with Crippen LogP contribution in [0.2, 0.25) is 0 Å². The smallest absolute Gasteiger partial charge is 0.228 e. The zero-order chi connectivity index (χ0) is 16.8. The lowest BCUT2D eigenvalue weighted by Gasteiger charge is -2.10. The van der Waals surface area contributed by atoms with Gasteiger partial charge in [-0.3, -0.25) is 4.79 Å². The van der Waals surface area contributed by atoms with Crippen molar-refractivity contribution in [1.82, 2.24) is 0 Å². The first kappa shape index (κ1) is 16.9. The summed E-state index contributed by atoms with van der Waals surface area (Å²) < 4.78 is 0. The van der Waals surface area contributed by atoms with Crippen molar-refractivity contribution in [3.63, 3.8) is 0 Å². The quantitative estimate of drug-likeness (QED) is 0.754. The molecule has 126 valence electrons. The lowest BCUT2D eigenvalue weighted by Crippen LogP contribution is -2.14. The van der Waals surface area contributed by atoms with E-state index in [1.807, 2.05) is 48.2 Å². The van der Waals surface area contributed by atoms with Gasteiger partial charge in [0, 0.05) is 22.4 Å². The lowest BCUT2D eigenvalue weighted by atomic mass is 10.1. The first-order valence-corrected chi connectivity index (χ1v) is 9.59. The molecule has 0 bridgehead atoms. The summed E-state index contributed by atoms with van der Waals surface area (Å²) in [5, 5.41) is 3.81. The molecule has 2 aromatic rings. The Morgan fingerprint density at radius 3 is 2.58 bits per heavy atom. The number of amides is 1. The van der Waals surface area contributed by atoms with Crippen LogP contribution in [-0.2, 0) is 17.0 Å². The summed E-state index contributed by atoms with van der Waals surface area (Å²) in [5.41, 5.74) is 9.50. The van der Waals surface area contributed by atoms with E-state index in [1.54, 1.807) is 0 Å². The Balaban J connectivity index is 1.53. The van der Waals surface area contributed by atoms with Gasteiger partial charge in [0.15, 0.2) is 0 Å². The standard InChI is InChI=1S/C20H24N2OS/c21-17-10-8-15(9-11-17)13-20(23)22-18-5-3-4-16(12-18)14-24-19-6-1-2-7-19/h3-5,8-12,19H,1-2,6-7,13-14,21H2,(H,22,23). The van der Waals surface area contributed by atoms with E-state index in [-0.39, 0.29) is 5.91 Å². The fraction of sp³-hybridized carbons (Fsp3) is 0.350. The SMILES string of the molecule is Nc1ccc(CC(=O)Nc2cccc(CSC3CCCC3)c2)cc1. The van der Waals surface area contributed by atoms with E-state index in [0.717, 1.165) is 22.3 Å². The Bertz CT molecular complexity index is 678. The average Bonchev–Trinajstić information content (AvgIpc) is 3.09. The first-order valence-electron chi connectivity index (χ1n) is 8.54. The molecule has 3 rings (SSSR count). The molecular weight excluding hydrogens is 316 g/mol. The summed E-state index contributed by atoms with van der Waals surface area (Å²) in [4.78, 5) is 12.2. The summed E-state index contributed by atoms with van der Waals surface area (Å²) >= 11 is 2.04. The third-order valence-electron chi connectivity index (χ3n) is 4.34. The van der Waals surface area contributed by atoms with Gasteiger partial charge in [0.2, 0.25) is 5.91 Å². The van der Waals surface area contributed by atoms with E-state index >= 15 is 0 Å². The molecule has 0 radical (unpaired) electrons. The number of thioether (sulfide) groups is 1. The van der Waals surface area contributed by atoms with Crippen LogP contribution in [0, 0.1) is 0 Å². The molecular formula is C20H24N2OS. The van der Waals surface area contributed by atoms with Crippen molar-refractivity contribution in [2.75, 3.05) is 11.1 Å². The maximum Gasteiger partial charge on any atom is 0.228 e. The van der Waals surface area contributed by atoms with Crippen LogP contribution < -0.4 is 11.1 Å². The molecule has 24 heavy (non-hydrogen) atoms. The third-order valence-corrected chi connectivity index (χ3v) is 5.79. The van der Waals surface area contributed by atoms with Crippen LogP contribution in [-0.4, -0.2) is 11.2 Å². The van der Waals surface area contributed by atoms with Crippen molar-refractivity contribution in [1.29, 1.82) is 0 Å². The summed E-state index contributed by atoms with van der Waals surface area (Å²) in [5.74, 6) is 1.02. The predicted octanol–water partition coefficient (Wildman–Crippen LogP) is 4.63. The van der Waals surface area contributed by atoms with E-state index in [2.05, 4.69) is 17.4 Å². The Morgan fingerprint density at radius 2 is 1.83 bits per heavy atom. The van der Waals surface area contributed by atoms with Crippen LogP contribution in [0.1, 0.15) is 36.8 Å². The number of nitrogens with one attached hydrogen (secondary N) is 1. The minimum atomic E-state index is 0.000340. The number of carbonyl (C=O) groups is 1. The third kappa shape index (κ3) is 5.03. The minimum absolute atomic E-state index is 0.000340. The molecule has 4 heteroatoms. The number of nitrogens with two attached hydrogens (primary N) is 1. The molecule has 1 saturated carbocycles. The highest BCUT2D eigenvalue weighted by Gasteiger charge is 2.15. The van der Waals surface area contributed by atoms with E-state index in [9.17, 15) is 4.79 Å². The number of nitrogen functional groups attached to an aromatic ring is 1. The van der Waals surface area contributed by atoms with Crippen molar-refractivity contribution in [2.24, 2.45) is 0 Å². The molecule has 3 N–H and O–H groups in total. The van der Waals surface area contributed by atoms with Gasteiger partial charge in [-0.25, -0.2) is 0 Å². The zero-order valence-corrected chi connectivity index (χ0v) is 14.6. The molecule has 0 unspecified atom stereocenters. The van der Waals surface area contributed by atoms with Crippen molar-refractivity contribution in [3.05, 3.63) is 59.7 Å². The summed E-state index contributed by atoms with van der Waals surface area (Å²) in [6.45, 7) is 0. The van der Waals surface area contributed by atoms with Crippen LogP contribution in [0.15, 0.2) is 48.5 Å². The molecule has 1 amide bonds. The predicted molar refractivity (Wildman–Crippen MR) is 103 cm³/mol. The molecule has 0 spiro atoms. The second-order valence-electron chi connectivity index (χ2n) is 6.38. The maximum atomic E-state index is 12.2. The second-order valence-corrected chi connectivity index (χ2v) is 7.67. The normalized spacial score (nSPS) is 14.7. The molecule has 3 nitrogen and oxygen atoms in total. The monoisotopic (exact) mass is 340 g/mol. The van der Waals surface area contributed by atoms with Crippen LogP contribution in [0.4, 0.5) is 11.4 Å². The van der Waals surface area contributed by atoms with E-state index < -0.39 is 0 Å². The highest BCUT2D eigenvalue weighted by atomic mass is 32.2. The van der Waals surface area contributed by atoms with Gasteiger partial charge in [-0.1, -0.05) is 37.1 Å². The zero-order valence-electron chi connectivity index (χ0n) is 13.8. The van der Waals surface area contributed by atoms with Gasteiger partial charge in [-0.05, 0) is 48.2 Å². The van der Waals surface area contributed by atoms with Crippen LogP contribution in [0.5, 0.6) is 0 Å². The molecule has 0 atom stereocenters. The fourth-order valence-corrected chi connectivity index (χ4v) is 4.31. The van der Waals surface area contributed by atoms with E-state index in [0.29, 0.717) is 12.1 Å². The van der Waals surface area contributed by atoms with Gasteiger partial charge in [-0.2, -0.15) is 11.8 Å². The van der Waals surface area contributed by atoms with Gasteiger partial charge in [0.25, 0.3) is 0 Å². The number of hydrogen-bond donors (Lipinski definition) is 2. The van der Waals surface area contributed by atoms with Gasteiger partial charge in [0.05, 0.1) is 6.42 Å². The van der Waals surface area contributed by atoms with Crippen molar-refractivity contribution >= 4 is 29.0 Å². The number of benzene rings is 2. The number of rotatable bonds is 6. The second kappa shape index (κ2) is 8.25. The van der Waals surface area contributed by atoms with Gasteiger partial charge in [0.1, 0.15) is 0 Å². The maximum absolute atomic E-state index is 12.2. The van der Waals surface area contributed by atoms with Gasteiger partial charge < -0.3 is 11.1 Å². The Labute approximate surface area is 148 Å². The van der Waals surface area contributed by atoms with Gasteiger partial charge in [-0.15, -0.1) is 0 Å². The van der Waals surface area contributed by atoms with Gasteiger partial charge >= 0.3 is 0 Å². The minimum Gasteiger partial charge on any atom is -0.399 e. The molecule has 2 aromatic carbocycles. The molecule has 1 aliphatic carbocycles. The van der Waals surface area contributed by atoms with Crippen LogP contribution in [0.3, 0.4) is 0 Å². The van der Waals surface area contributed by atoms with E-state index in [4.69, 9.17) is 5.73 Å². The Hall–Kier alpha value is -1.94. The number of hydrogen-bond acceptors (Lipinski definition) is 3. The fourth-order valence-electron chi connectivity index (χ4n) is 3.03. The Morgan fingerprint density at radius 1 is 1.08 bits per heavy atom. The molecule has 0 heterocycles. The highest BCUT2D eigenvalue weighted by Crippen LogP contribution is 2.31. The van der Waals surface area contributed by atoms with Crippen molar-refractivity contribution in [2.45, 2.75) is 43.1 Å². The topological polar surface area (TPSA) is 55.1 Å². The summed E-state index contributed by atoms with van der Waals surface area (Å²) in [6.07, 6.45) is 5.81. The highest BCUT2D eigenvalue weighted by molar-refractivity contribution is 7.99. The number of carbonyl (C=O) groups excluding carboxylic acids is 1. The molecule has 0 saturated heterocycles. The summed E-state index contributed by atoms with van der Waals surface area (Å²) in [7, 11) is 0. The molecule has 1 fully saturated rings. The Kier molecular flexibility index (Phi) is 5.81. The molecule has 1 aliphatic rings. The van der Waals surface area contributed by atoms with Crippen LogP contribution >= 0.6 is 11.8 Å². The molecule has 0 aliphatic heterocycles. The summed E-state index contributed by atoms with van der Waals surface area (Å²) in [6, 6.07) is 15.6. The number of anilines is 2. The average molecular weight is 340 g/mol. The first-order chi connectivity index (χ1) is 11.7. The lowest BCUT2D eigenvalue weighted by molar-refractivity contribution is -0.115. The largest absolute Gasteiger partial charge is 0.399 e. The van der Waals surface area contributed by atoms with E-state index in [1.165, 1.54) is 31.2 Å².